The highest BCUT2D eigenvalue weighted by Crippen LogP contribution is 2.19. The summed E-state index contributed by atoms with van der Waals surface area (Å²) in [6.07, 6.45) is 0.326. The van der Waals surface area contributed by atoms with Gasteiger partial charge in [-0.1, -0.05) is 6.07 Å². The molecule has 0 bridgehead atoms. The number of nitrogens with two attached hydrogens (primary N) is 1. The number of nitriles is 1. The van der Waals surface area contributed by atoms with Gasteiger partial charge in [0.15, 0.2) is 5.84 Å². The molecular weight excluding hydrogens is 244 g/mol. The van der Waals surface area contributed by atoms with E-state index < -0.39 is 5.84 Å². The summed E-state index contributed by atoms with van der Waals surface area (Å²) in [6, 6.07) is 7.18. The van der Waals surface area contributed by atoms with Crippen LogP contribution in [-0.4, -0.2) is 17.5 Å². The number of anilines is 1. The quantitative estimate of drug-likeness (QED) is 0.347. The average Bonchev–Trinajstić information content (AvgIpc) is 2.38. The number of carbonyl (C=O) groups excluding carboxylic acids is 1. The van der Waals surface area contributed by atoms with E-state index in [1.165, 1.54) is 0 Å². The Bertz CT molecular complexity index is 613. The summed E-state index contributed by atoms with van der Waals surface area (Å²) < 4.78 is 0. The summed E-state index contributed by atoms with van der Waals surface area (Å²) in [5.74, 6) is -0.415. The molecule has 0 radical (unpaired) electrons. The molecule has 1 aliphatic rings. The van der Waals surface area contributed by atoms with Crippen molar-refractivity contribution in [3.8, 4) is 6.07 Å². The van der Waals surface area contributed by atoms with Crippen LogP contribution in [0, 0.1) is 16.7 Å². The van der Waals surface area contributed by atoms with Crippen molar-refractivity contribution < 1.29 is 4.79 Å². The number of hydrogen-bond acceptors (Lipinski definition) is 5. The molecule has 0 saturated carbocycles. The summed E-state index contributed by atoms with van der Waals surface area (Å²) in [4.78, 5) is 11.3. The number of hydrogen-bond donors (Lipinski definition) is 4. The second-order valence-electron chi connectivity index (χ2n) is 4.03. The molecule has 0 atom stereocenters. The maximum absolute atomic E-state index is 11.3. The minimum atomic E-state index is -0.396. The fourth-order valence-electron chi connectivity index (χ4n) is 1.73. The molecule has 1 aromatic carbocycles. The standard InChI is InChI=1S/C12H12N6O/c13-5-10(12(14)15)18-17-9-2-1-7-6-16-11(19)4-8(7)3-9/h1-3,17H,4,6H2,(H3,14,15)(H,16,19)/b18-10+. The van der Waals surface area contributed by atoms with E-state index >= 15 is 0 Å². The summed E-state index contributed by atoms with van der Waals surface area (Å²) in [5.41, 5.74) is 10.3. The topological polar surface area (TPSA) is 127 Å². The Hall–Kier alpha value is -2.88. The van der Waals surface area contributed by atoms with Crippen LogP contribution in [-0.2, 0) is 17.8 Å². The van der Waals surface area contributed by atoms with Gasteiger partial charge in [-0.05, 0) is 23.3 Å². The van der Waals surface area contributed by atoms with E-state index in [9.17, 15) is 4.79 Å². The lowest BCUT2D eigenvalue weighted by atomic mass is 10.00. The number of nitrogens with zero attached hydrogens (tertiary/aromatic N) is 2. The minimum Gasteiger partial charge on any atom is -0.382 e. The Kier molecular flexibility index (Phi) is 3.43. The molecule has 96 valence electrons. The fraction of sp³-hybridized carbons (Fsp3) is 0.167. The van der Waals surface area contributed by atoms with Crippen molar-refractivity contribution in [3.05, 3.63) is 29.3 Å². The van der Waals surface area contributed by atoms with Crippen LogP contribution < -0.4 is 16.5 Å². The molecule has 5 N–H and O–H groups in total. The molecule has 1 heterocycles. The third-order valence-corrected chi connectivity index (χ3v) is 2.69. The van der Waals surface area contributed by atoms with Crippen molar-refractivity contribution in [1.82, 2.24) is 5.32 Å². The number of amidine groups is 1. The lowest BCUT2D eigenvalue weighted by molar-refractivity contribution is -0.121. The van der Waals surface area contributed by atoms with Gasteiger partial charge in [0.05, 0.1) is 12.1 Å². The Morgan fingerprint density at radius 3 is 3.00 bits per heavy atom. The largest absolute Gasteiger partial charge is 0.382 e. The monoisotopic (exact) mass is 256 g/mol. The van der Waals surface area contributed by atoms with Crippen LogP contribution in [0.3, 0.4) is 0 Å². The van der Waals surface area contributed by atoms with Gasteiger partial charge in [-0.3, -0.25) is 15.6 Å². The van der Waals surface area contributed by atoms with Gasteiger partial charge in [-0.15, -0.1) is 0 Å². The predicted molar refractivity (Wildman–Crippen MR) is 70.6 cm³/mol. The smallest absolute Gasteiger partial charge is 0.224 e. The van der Waals surface area contributed by atoms with Gasteiger partial charge in [-0.25, -0.2) is 0 Å². The number of hydrazone groups is 1. The molecule has 1 amide bonds. The third-order valence-electron chi connectivity index (χ3n) is 2.69. The number of amides is 1. The highest BCUT2D eigenvalue weighted by Gasteiger charge is 2.14. The van der Waals surface area contributed by atoms with Gasteiger partial charge in [0.1, 0.15) is 6.07 Å². The Morgan fingerprint density at radius 2 is 2.32 bits per heavy atom. The molecule has 0 spiro atoms. The fourth-order valence-corrected chi connectivity index (χ4v) is 1.73. The first-order valence-corrected chi connectivity index (χ1v) is 5.57. The van der Waals surface area contributed by atoms with Crippen molar-refractivity contribution in [1.29, 1.82) is 10.7 Å². The van der Waals surface area contributed by atoms with Gasteiger partial charge in [0.2, 0.25) is 11.6 Å². The van der Waals surface area contributed by atoms with Crippen LogP contribution in [0.1, 0.15) is 11.1 Å². The van der Waals surface area contributed by atoms with E-state index in [-0.39, 0.29) is 11.6 Å². The predicted octanol–water partition coefficient (Wildman–Crippen LogP) is 0.0863. The highest BCUT2D eigenvalue weighted by molar-refractivity contribution is 6.45. The van der Waals surface area contributed by atoms with E-state index in [1.54, 1.807) is 18.2 Å². The van der Waals surface area contributed by atoms with E-state index in [1.807, 2.05) is 6.07 Å². The molecule has 19 heavy (non-hydrogen) atoms. The zero-order chi connectivity index (χ0) is 13.8. The zero-order valence-electron chi connectivity index (χ0n) is 10.0. The molecule has 2 rings (SSSR count). The zero-order valence-corrected chi connectivity index (χ0v) is 10.0. The summed E-state index contributed by atoms with van der Waals surface area (Å²) in [5, 5.41) is 22.3. The second-order valence-corrected chi connectivity index (χ2v) is 4.03. The van der Waals surface area contributed by atoms with Crippen LogP contribution >= 0.6 is 0 Å². The SMILES string of the molecule is N#C/C(=N\Nc1ccc2c(c1)CC(=O)NC2)C(=N)N. The third kappa shape index (κ3) is 2.87. The van der Waals surface area contributed by atoms with Crippen molar-refractivity contribution in [2.24, 2.45) is 10.8 Å². The summed E-state index contributed by atoms with van der Waals surface area (Å²) >= 11 is 0. The Balaban J connectivity index is 2.19. The molecular formula is C12H12N6O. The van der Waals surface area contributed by atoms with E-state index in [0.717, 1.165) is 11.1 Å². The summed E-state index contributed by atoms with van der Waals surface area (Å²) in [7, 11) is 0. The van der Waals surface area contributed by atoms with Crippen molar-refractivity contribution in [2.45, 2.75) is 13.0 Å². The van der Waals surface area contributed by atoms with Crippen LogP contribution in [0.5, 0.6) is 0 Å². The lowest BCUT2D eigenvalue weighted by Crippen LogP contribution is -2.30. The van der Waals surface area contributed by atoms with Crippen LogP contribution in [0.25, 0.3) is 0 Å². The van der Waals surface area contributed by atoms with Crippen LogP contribution in [0.2, 0.25) is 0 Å². The van der Waals surface area contributed by atoms with Crippen LogP contribution in [0.15, 0.2) is 23.3 Å². The number of benzene rings is 1. The van der Waals surface area contributed by atoms with Gasteiger partial charge in [-0.2, -0.15) is 10.4 Å². The Labute approximate surface area is 109 Å². The number of carbonyl (C=O) groups is 1. The van der Waals surface area contributed by atoms with E-state index in [0.29, 0.717) is 18.7 Å². The van der Waals surface area contributed by atoms with Crippen molar-refractivity contribution in [3.63, 3.8) is 0 Å². The van der Waals surface area contributed by atoms with Gasteiger partial charge in [0, 0.05) is 6.54 Å². The lowest BCUT2D eigenvalue weighted by Gasteiger charge is -2.17. The summed E-state index contributed by atoms with van der Waals surface area (Å²) in [6.45, 7) is 0.522. The first-order chi connectivity index (χ1) is 9.10. The van der Waals surface area contributed by atoms with Gasteiger partial charge in [0.25, 0.3) is 0 Å². The van der Waals surface area contributed by atoms with E-state index in [4.69, 9.17) is 16.4 Å². The first-order valence-electron chi connectivity index (χ1n) is 5.57. The molecule has 0 fully saturated rings. The van der Waals surface area contributed by atoms with Crippen molar-refractivity contribution in [2.75, 3.05) is 5.43 Å². The first kappa shape index (κ1) is 12.6. The Morgan fingerprint density at radius 1 is 1.53 bits per heavy atom. The maximum atomic E-state index is 11.3. The van der Waals surface area contributed by atoms with Gasteiger partial charge < -0.3 is 11.1 Å². The molecule has 0 aromatic heterocycles. The average molecular weight is 256 g/mol. The van der Waals surface area contributed by atoms with Crippen molar-refractivity contribution >= 4 is 23.1 Å². The molecule has 0 unspecified atom stereocenters. The molecule has 7 heteroatoms. The maximum Gasteiger partial charge on any atom is 0.224 e. The number of fused-ring (bicyclic) bond motifs is 1. The highest BCUT2D eigenvalue weighted by atomic mass is 16.1. The molecule has 0 aliphatic carbocycles. The van der Waals surface area contributed by atoms with Gasteiger partial charge >= 0.3 is 0 Å². The van der Waals surface area contributed by atoms with E-state index in [2.05, 4.69) is 15.8 Å². The molecule has 1 aliphatic heterocycles. The second kappa shape index (κ2) is 5.18. The number of rotatable bonds is 3. The number of nitrogens with one attached hydrogen (secondary N) is 3. The molecule has 7 nitrogen and oxygen atoms in total. The molecule has 1 aromatic rings. The minimum absolute atomic E-state index is 0.0189. The normalized spacial score (nSPS) is 14.1. The molecule has 0 saturated heterocycles. The van der Waals surface area contributed by atoms with Crippen LogP contribution in [0.4, 0.5) is 5.69 Å².